The van der Waals surface area contributed by atoms with Crippen molar-refractivity contribution in [1.29, 1.82) is 0 Å². The van der Waals surface area contributed by atoms with Crippen LogP contribution in [0.5, 0.6) is 0 Å². The van der Waals surface area contributed by atoms with Crippen LogP contribution in [0.25, 0.3) is 0 Å². The van der Waals surface area contributed by atoms with Crippen LogP contribution in [0.15, 0.2) is 24.3 Å². The molecule has 0 radical (unpaired) electrons. The van der Waals surface area contributed by atoms with Crippen LogP contribution in [0, 0.1) is 3.57 Å². The standard InChI is InChI=1S/C12H17IN2O/c1-14(2)12(16)9-15(3)8-10-4-6-11(13)7-5-10/h4-7H,8-9H2,1-3H3. The summed E-state index contributed by atoms with van der Waals surface area (Å²) in [5, 5.41) is 0. The second-order valence-electron chi connectivity index (χ2n) is 4.09. The van der Waals surface area contributed by atoms with Crippen LogP contribution >= 0.6 is 22.6 Å². The van der Waals surface area contributed by atoms with E-state index in [0.717, 1.165) is 6.54 Å². The van der Waals surface area contributed by atoms with E-state index in [9.17, 15) is 4.79 Å². The first-order chi connectivity index (χ1) is 7.49. The normalized spacial score (nSPS) is 10.6. The van der Waals surface area contributed by atoms with Gasteiger partial charge in [-0.05, 0) is 47.3 Å². The maximum Gasteiger partial charge on any atom is 0.236 e. The Kier molecular flexibility index (Phi) is 5.21. The van der Waals surface area contributed by atoms with Gasteiger partial charge in [0.25, 0.3) is 0 Å². The number of halogens is 1. The monoisotopic (exact) mass is 332 g/mol. The van der Waals surface area contributed by atoms with Crippen LogP contribution in [-0.4, -0.2) is 43.4 Å². The average molecular weight is 332 g/mol. The molecule has 1 amide bonds. The Morgan fingerprint density at radius 3 is 2.25 bits per heavy atom. The quantitative estimate of drug-likeness (QED) is 0.786. The molecule has 0 bridgehead atoms. The van der Waals surface area contributed by atoms with E-state index in [-0.39, 0.29) is 5.91 Å². The van der Waals surface area contributed by atoms with E-state index in [4.69, 9.17) is 0 Å². The van der Waals surface area contributed by atoms with Gasteiger partial charge in [-0.25, -0.2) is 0 Å². The lowest BCUT2D eigenvalue weighted by atomic mass is 10.2. The predicted molar refractivity (Wildman–Crippen MR) is 74.2 cm³/mol. The highest BCUT2D eigenvalue weighted by Gasteiger charge is 2.08. The average Bonchev–Trinajstić information content (AvgIpc) is 2.21. The van der Waals surface area contributed by atoms with Gasteiger partial charge in [0.15, 0.2) is 0 Å². The number of benzene rings is 1. The Morgan fingerprint density at radius 1 is 1.19 bits per heavy atom. The number of hydrogen-bond acceptors (Lipinski definition) is 2. The first-order valence-electron chi connectivity index (χ1n) is 5.12. The van der Waals surface area contributed by atoms with E-state index >= 15 is 0 Å². The molecule has 0 saturated heterocycles. The summed E-state index contributed by atoms with van der Waals surface area (Å²) in [4.78, 5) is 15.1. The minimum atomic E-state index is 0.132. The number of hydrogen-bond donors (Lipinski definition) is 0. The molecule has 1 rings (SSSR count). The highest BCUT2D eigenvalue weighted by atomic mass is 127. The molecule has 0 aliphatic carbocycles. The summed E-state index contributed by atoms with van der Waals surface area (Å²) < 4.78 is 1.23. The number of rotatable bonds is 4. The van der Waals surface area contributed by atoms with E-state index in [0.29, 0.717) is 6.54 Å². The Balaban J connectivity index is 2.48. The zero-order valence-corrected chi connectivity index (χ0v) is 12.1. The fourth-order valence-corrected chi connectivity index (χ4v) is 1.69. The summed E-state index contributed by atoms with van der Waals surface area (Å²) in [7, 11) is 5.52. The molecule has 3 nitrogen and oxygen atoms in total. The highest BCUT2D eigenvalue weighted by molar-refractivity contribution is 14.1. The van der Waals surface area contributed by atoms with Crippen LogP contribution in [0.1, 0.15) is 5.56 Å². The van der Waals surface area contributed by atoms with Gasteiger partial charge in [0.2, 0.25) is 5.91 Å². The van der Waals surface area contributed by atoms with Crippen molar-refractivity contribution >= 4 is 28.5 Å². The fourth-order valence-electron chi connectivity index (χ4n) is 1.33. The predicted octanol–water partition coefficient (Wildman–Crippen LogP) is 1.81. The summed E-state index contributed by atoms with van der Waals surface area (Å²) in [6.45, 7) is 1.26. The van der Waals surface area contributed by atoms with Gasteiger partial charge >= 0.3 is 0 Å². The summed E-state index contributed by atoms with van der Waals surface area (Å²) in [5.74, 6) is 0.132. The third-order valence-corrected chi connectivity index (χ3v) is 2.99. The molecule has 0 fully saturated rings. The maximum atomic E-state index is 11.5. The molecule has 0 heterocycles. The first kappa shape index (κ1) is 13.4. The number of likely N-dealkylation sites (N-methyl/N-ethyl adjacent to an activating group) is 2. The lowest BCUT2D eigenvalue weighted by Crippen LogP contribution is -2.34. The van der Waals surface area contributed by atoms with Crippen LogP contribution in [-0.2, 0) is 11.3 Å². The molecule has 0 atom stereocenters. The zero-order valence-electron chi connectivity index (χ0n) is 9.90. The van der Waals surface area contributed by atoms with Gasteiger partial charge in [-0.15, -0.1) is 0 Å². The van der Waals surface area contributed by atoms with Crippen LogP contribution in [0.2, 0.25) is 0 Å². The van der Waals surface area contributed by atoms with Crippen molar-refractivity contribution in [1.82, 2.24) is 9.80 Å². The minimum absolute atomic E-state index is 0.132. The van der Waals surface area contributed by atoms with Gasteiger partial charge in [0.1, 0.15) is 0 Å². The molecule has 0 N–H and O–H groups in total. The van der Waals surface area contributed by atoms with Crippen molar-refractivity contribution < 1.29 is 4.79 Å². The van der Waals surface area contributed by atoms with Crippen LogP contribution in [0.4, 0.5) is 0 Å². The Hall–Kier alpha value is -0.620. The van der Waals surface area contributed by atoms with Gasteiger partial charge in [0, 0.05) is 24.2 Å². The zero-order chi connectivity index (χ0) is 12.1. The molecule has 0 spiro atoms. The van der Waals surface area contributed by atoms with Gasteiger partial charge in [-0.3, -0.25) is 9.69 Å². The minimum Gasteiger partial charge on any atom is -0.348 e. The molecule has 16 heavy (non-hydrogen) atoms. The molecule has 4 heteroatoms. The van der Waals surface area contributed by atoms with E-state index in [1.54, 1.807) is 19.0 Å². The maximum absolute atomic E-state index is 11.5. The fraction of sp³-hybridized carbons (Fsp3) is 0.417. The highest BCUT2D eigenvalue weighted by Crippen LogP contribution is 2.08. The topological polar surface area (TPSA) is 23.6 Å². The lowest BCUT2D eigenvalue weighted by Gasteiger charge is -2.18. The van der Waals surface area contributed by atoms with E-state index in [2.05, 4.69) is 46.9 Å². The Bertz CT molecular complexity index is 349. The smallest absolute Gasteiger partial charge is 0.236 e. The Morgan fingerprint density at radius 2 is 1.75 bits per heavy atom. The summed E-state index contributed by atoms with van der Waals surface area (Å²) in [5.41, 5.74) is 1.23. The summed E-state index contributed by atoms with van der Waals surface area (Å²) >= 11 is 2.28. The van der Waals surface area contributed by atoms with Crippen molar-refractivity contribution in [2.75, 3.05) is 27.7 Å². The SMILES string of the molecule is CN(CC(=O)N(C)C)Cc1ccc(I)cc1. The number of nitrogens with zero attached hydrogens (tertiary/aromatic N) is 2. The van der Waals surface area contributed by atoms with Gasteiger partial charge in [-0.1, -0.05) is 12.1 Å². The molecule has 1 aromatic rings. The van der Waals surface area contributed by atoms with E-state index in [1.807, 2.05) is 11.9 Å². The van der Waals surface area contributed by atoms with Crippen LogP contribution in [0.3, 0.4) is 0 Å². The van der Waals surface area contributed by atoms with Gasteiger partial charge in [-0.2, -0.15) is 0 Å². The largest absolute Gasteiger partial charge is 0.348 e. The summed E-state index contributed by atoms with van der Waals surface area (Å²) in [6, 6.07) is 8.35. The Labute approximate surface area is 111 Å². The van der Waals surface area contributed by atoms with Crippen molar-refractivity contribution in [3.8, 4) is 0 Å². The van der Waals surface area contributed by atoms with Crippen molar-refractivity contribution in [2.45, 2.75) is 6.54 Å². The van der Waals surface area contributed by atoms with E-state index < -0.39 is 0 Å². The van der Waals surface area contributed by atoms with Gasteiger partial charge < -0.3 is 4.90 Å². The molecule has 0 saturated carbocycles. The third-order valence-electron chi connectivity index (χ3n) is 2.27. The van der Waals surface area contributed by atoms with Crippen LogP contribution < -0.4 is 0 Å². The van der Waals surface area contributed by atoms with E-state index in [1.165, 1.54) is 9.13 Å². The molecule has 0 unspecified atom stereocenters. The van der Waals surface area contributed by atoms with Crippen molar-refractivity contribution in [2.24, 2.45) is 0 Å². The van der Waals surface area contributed by atoms with Crippen molar-refractivity contribution in [3.63, 3.8) is 0 Å². The second-order valence-corrected chi connectivity index (χ2v) is 5.33. The van der Waals surface area contributed by atoms with Gasteiger partial charge in [0.05, 0.1) is 6.54 Å². The summed E-state index contributed by atoms with van der Waals surface area (Å²) in [6.07, 6.45) is 0. The number of carbonyl (C=O) groups excluding carboxylic acids is 1. The third kappa shape index (κ3) is 4.49. The molecule has 88 valence electrons. The molecule has 1 aromatic carbocycles. The lowest BCUT2D eigenvalue weighted by molar-refractivity contribution is -0.129. The molecule has 0 aliphatic rings. The molecule has 0 aliphatic heterocycles. The molecular weight excluding hydrogens is 315 g/mol. The number of carbonyl (C=O) groups is 1. The number of amides is 1. The second kappa shape index (κ2) is 6.20. The van der Waals surface area contributed by atoms with Crippen molar-refractivity contribution in [3.05, 3.63) is 33.4 Å². The molecule has 0 aromatic heterocycles. The first-order valence-corrected chi connectivity index (χ1v) is 6.20. The molecular formula is C12H17IN2O.